The smallest absolute Gasteiger partial charge is 0.311 e. The summed E-state index contributed by atoms with van der Waals surface area (Å²) in [5.41, 5.74) is -1.43. The number of esters is 1. The summed E-state index contributed by atoms with van der Waals surface area (Å²) < 4.78 is 31.9. The number of aliphatic hydroxyl groups excluding tert-OH is 3. The van der Waals surface area contributed by atoms with Crippen LogP contribution in [-0.4, -0.2) is 118 Å². The number of hydrogen-bond acceptors (Lipinski definition) is 11. The number of nitrogens with zero attached hydrogens (tertiary/aromatic N) is 1. The molecule has 11 nitrogen and oxygen atoms in total. The minimum Gasteiger partial charge on any atom is -0.462 e. The molecule has 3 fully saturated rings. The van der Waals surface area contributed by atoms with E-state index in [-0.39, 0.29) is 48.5 Å². The summed E-state index contributed by atoms with van der Waals surface area (Å²) in [5.74, 6) is -2.09. The number of likely N-dealkylation sites (N-methyl/N-ethyl adjacent to an activating group) is 1. The van der Waals surface area contributed by atoms with E-state index in [9.17, 15) is 25.2 Å². The first-order chi connectivity index (χ1) is 22.4. The lowest BCUT2D eigenvalue weighted by molar-refractivity contribution is -0.302. The molecule has 3 heterocycles. The molecule has 0 aromatic rings. The van der Waals surface area contributed by atoms with Crippen molar-refractivity contribution in [1.29, 1.82) is 0 Å². The van der Waals surface area contributed by atoms with Crippen LogP contribution in [0, 0.1) is 35.5 Å². The Kier molecular flexibility index (Phi) is 15.6. The largest absolute Gasteiger partial charge is 0.462 e. The summed E-state index contributed by atoms with van der Waals surface area (Å²) in [7, 11) is 0. The molecule has 282 valence electrons. The topological polar surface area (TPSA) is 147 Å². The fourth-order valence-electron chi connectivity index (χ4n) is 8.53. The zero-order chi connectivity index (χ0) is 36.1. The van der Waals surface area contributed by atoms with Gasteiger partial charge in [-0.05, 0) is 78.7 Å². The Hall–Kier alpha value is -0.890. The van der Waals surface area contributed by atoms with Crippen molar-refractivity contribution >= 4 is 5.97 Å². The number of carbonyl (C=O) groups is 1. The van der Waals surface area contributed by atoms with Crippen LogP contribution in [0.3, 0.4) is 0 Å². The van der Waals surface area contributed by atoms with E-state index in [0.717, 1.165) is 0 Å². The highest BCUT2D eigenvalue weighted by atomic mass is 16.7. The van der Waals surface area contributed by atoms with Gasteiger partial charge in [-0.15, -0.1) is 0 Å². The second-order valence-electron chi connectivity index (χ2n) is 15.8. The molecule has 0 aliphatic carbocycles. The van der Waals surface area contributed by atoms with Crippen LogP contribution in [0.25, 0.3) is 0 Å². The monoisotopic (exact) mass is 687 g/mol. The Morgan fingerprint density at radius 2 is 1.62 bits per heavy atom. The SMILES string of the molecule is CC[C@H]1OC(=O)[C@H](C)[C@@H](O[C@H]2CC(C)C(CO)[C@H](C)O2)[C@H](C)[C@@H](O[C@@H]2O[C@H](C)CC[C@H]2O)[C@](C)(O)C[C@@H](C)CN(CC)[C@H](C)[C@@H](O)[C@H]1C. The summed E-state index contributed by atoms with van der Waals surface area (Å²) in [5, 5.41) is 44.8. The Bertz CT molecular complexity index is 972. The molecular formula is C37H69NO10. The molecule has 0 aromatic heterocycles. The van der Waals surface area contributed by atoms with Gasteiger partial charge in [-0.2, -0.15) is 0 Å². The summed E-state index contributed by atoms with van der Waals surface area (Å²) in [4.78, 5) is 16.3. The Morgan fingerprint density at radius 1 is 0.958 bits per heavy atom. The van der Waals surface area contributed by atoms with Crippen LogP contribution < -0.4 is 0 Å². The molecule has 0 amide bonds. The zero-order valence-corrected chi connectivity index (χ0v) is 31.6. The number of rotatable bonds is 7. The van der Waals surface area contributed by atoms with Crippen LogP contribution in [0.4, 0.5) is 0 Å². The number of hydrogen-bond donors (Lipinski definition) is 4. The molecule has 2 unspecified atom stereocenters. The molecule has 0 radical (unpaired) electrons. The average molecular weight is 688 g/mol. The maximum Gasteiger partial charge on any atom is 0.311 e. The summed E-state index contributed by atoms with van der Waals surface area (Å²) >= 11 is 0. The molecule has 4 N–H and O–H groups in total. The van der Waals surface area contributed by atoms with Crippen LogP contribution in [0.15, 0.2) is 0 Å². The van der Waals surface area contributed by atoms with Gasteiger partial charge in [-0.25, -0.2) is 0 Å². The summed E-state index contributed by atoms with van der Waals surface area (Å²) in [6.45, 7) is 22.7. The maximum absolute atomic E-state index is 14.1. The van der Waals surface area contributed by atoms with Gasteiger partial charge in [-0.1, -0.05) is 41.5 Å². The van der Waals surface area contributed by atoms with Crippen molar-refractivity contribution in [2.24, 2.45) is 35.5 Å². The van der Waals surface area contributed by atoms with Gasteiger partial charge in [0.2, 0.25) is 0 Å². The molecule has 0 saturated carbocycles. The third-order valence-corrected chi connectivity index (χ3v) is 11.7. The van der Waals surface area contributed by atoms with Crippen LogP contribution >= 0.6 is 0 Å². The van der Waals surface area contributed by atoms with Gasteiger partial charge in [0.15, 0.2) is 12.6 Å². The first kappa shape index (κ1) is 41.5. The van der Waals surface area contributed by atoms with E-state index in [1.54, 1.807) is 13.8 Å². The molecule has 17 atom stereocenters. The fraction of sp³-hybridized carbons (Fsp3) is 0.973. The van der Waals surface area contributed by atoms with Gasteiger partial charge in [0.25, 0.3) is 0 Å². The molecule has 11 heteroatoms. The number of aliphatic hydroxyl groups is 4. The van der Waals surface area contributed by atoms with Crippen LogP contribution in [-0.2, 0) is 28.5 Å². The highest BCUT2D eigenvalue weighted by Gasteiger charge is 2.49. The van der Waals surface area contributed by atoms with Crippen molar-refractivity contribution in [2.75, 3.05) is 19.7 Å². The number of cyclic esters (lactones) is 1. The average Bonchev–Trinajstić information content (AvgIpc) is 3.02. The third kappa shape index (κ3) is 10.1. The van der Waals surface area contributed by atoms with Gasteiger partial charge in [0, 0.05) is 43.4 Å². The van der Waals surface area contributed by atoms with E-state index in [0.29, 0.717) is 45.2 Å². The van der Waals surface area contributed by atoms with Gasteiger partial charge in [0.1, 0.15) is 12.2 Å². The molecule has 3 aliphatic rings. The Balaban J connectivity index is 2.10. The lowest BCUT2D eigenvalue weighted by Gasteiger charge is -2.46. The normalized spacial score (nSPS) is 47.9. The Morgan fingerprint density at radius 3 is 2.21 bits per heavy atom. The standard InChI is InChI=1S/C37H69NO10/c1-12-30-23(6)32(41)26(9)38(13-2)18-20(3)17-37(11,43)34(48-36-29(40)15-14-22(5)44-36)24(7)33(25(8)35(42)46-30)47-31-16-21(4)28(19-39)27(10)45-31/h20-34,36,39-41,43H,12-19H2,1-11H3/t20-,21?,22-,23+,24+,25-,26-,27+,28?,29-,30-,31+,32+,33+,34-,36+,37-/m1/s1. The third-order valence-electron chi connectivity index (χ3n) is 11.7. The van der Waals surface area contributed by atoms with Crippen molar-refractivity contribution in [3.63, 3.8) is 0 Å². The minimum atomic E-state index is -1.43. The molecule has 3 aliphatic heterocycles. The summed E-state index contributed by atoms with van der Waals surface area (Å²) in [6, 6.07) is -0.211. The van der Waals surface area contributed by atoms with E-state index < -0.39 is 66.5 Å². The van der Waals surface area contributed by atoms with Crippen molar-refractivity contribution < 1.29 is 48.9 Å². The first-order valence-corrected chi connectivity index (χ1v) is 18.7. The highest BCUT2D eigenvalue weighted by molar-refractivity contribution is 5.73. The van der Waals surface area contributed by atoms with E-state index in [1.807, 2.05) is 41.5 Å². The molecule has 0 bridgehead atoms. The number of ether oxygens (including phenoxy) is 5. The lowest BCUT2D eigenvalue weighted by Crippen LogP contribution is -2.56. The summed E-state index contributed by atoms with van der Waals surface area (Å²) in [6.07, 6.45) is -3.26. The van der Waals surface area contributed by atoms with Crippen molar-refractivity contribution in [3.8, 4) is 0 Å². The molecule has 0 aromatic carbocycles. The second-order valence-corrected chi connectivity index (χ2v) is 15.8. The van der Waals surface area contributed by atoms with E-state index in [4.69, 9.17) is 23.7 Å². The minimum absolute atomic E-state index is 0.0000987. The van der Waals surface area contributed by atoms with Crippen molar-refractivity contribution in [1.82, 2.24) is 4.90 Å². The number of carbonyl (C=O) groups excluding carboxylic acids is 1. The quantitative estimate of drug-likeness (QED) is 0.287. The second kappa shape index (κ2) is 18.0. The molecule has 48 heavy (non-hydrogen) atoms. The molecule has 0 spiro atoms. The van der Waals surface area contributed by atoms with Crippen LogP contribution in [0.5, 0.6) is 0 Å². The maximum atomic E-state index is 14.1. The van der Waals surface area contributed by atoms with Gasteiger partial charge in [0.05, 0.1) is 42.0 Å². The van der Waals surface area contributed by atoms with Gasteiger partial charge in [-0.3, -0.25) is 9.69 Å². The van der Waals surface area contributed by atoms with E-state index in [1.165, 1.54) is 0 Å². The van der Waals surface area contributed by atoms with Crippen LogP contribution in [0.1, 0.15) is 108 Å². The van der Waals surface area contributed by atoms with Crippen molar-refractivity contribution in [2.45, 2.75) is 175 Å². The first-order valence-electron chi connectivity index (χ1n) is 18.7. The predicted molar refractivity (Wildman–Crippen MR) is 183 cm³/mol. The molecular weight excluding hydrogens is 618 g/mol. The van der Waals surface area contributed by atoms with E-state index >= 15 is 0 Å². The Labute approximate surface area is 290 Å². The van der Waals surface area contributed by atoms with Gasteiger partial charge < -0.3 is 44.1 Å². The van der Waals surface area contributed by atoms with Crippen LogP contribution in [0.2, 0.25) is 0 Å². The lowest BCUT2D eigenvalue weighted by atomic mass is 9.77. The highest BCUT2D eigenvalue weighted by Crippen LogP contribution is 2.39. The fourth-order valence-corrected chi connectivity index (χ4v) is 8.53. The molecule has 3 saturated heterocycles. The van der Waals surface area contributed by atoms with Gasteiger partial charge >= 0.3 is 5.97 Å². The zero-order valence-electron chi connectivity index (χ0n) is 31.6. The van der Waals surface area contributed by atoms with Crippen molar-refractivity contribution in [3.05, 3.63) is 0 Å². The predicted octanol–water partition coefficient (Wildman–Crippen LogP) is 4.11. The van der Waals surface area contributed by atoms with E-state index in [2.05, 4.69) is 25.7 Å². The molecule has 3 rings (SSSR count).